The molecule has 10 heteroatoms. The van der Waals surface area contributed by atoms with Gasteiger partial charge in [0.1, 0.15) is 0 Å². The first-order valence-electron chi connectivity index (χ1n) is 9.64. The highest BCUT2D eigenvalue weighted by molar-refractivity contribution is 7.89. The van der Waals surface area contributed by atoms with Gasteiger partial charge in [0.05, 0.1) is 4.90 Å². The first kappa shape index (κ1) is 20.9. The molecule has 0 unspecified atom stereocenters. The summed E-state index contributed by atoms with van der Waals surface area (Å²) in [5.41, 5.74) is 2.26. The van der Waals surface area contributed by atoms with Crippen LogP contribution in [0.4, 0.5) is 5.69 Å². The Kier molecular flexibility index (Phi) is 5.94. The van der Waals surface area contributed by atoms with Gasteiger partial charge in [-0.25, -0.2) is 13.4 Å². The Bertz CT molecular complexity index is 1200. The highest BCUT2D eigenvalue weighted by atomic mass is 32.2. The quantitative estimate of drug-likeness (QED) is 0.606. The van der Waals surface area contributed by atoms with Crippen LogP contribution in [0.15, 0.2) is 70.0 Å². The molecule has 2 N–H and O–H groups in total. The van der Waals surface area contributed by atoms with Gasteiger partial charge in [0.15, 0.2) is 0 Å². The molecule has 1 aliphatic rings. The van der Waals surface area contributed by atoms with Gasteiger partial charge in [-0.3, -0.25) is 4.79 Å². The fraction of sp³-hybridized carbons (Fsp3) is 0.190. The van der Waals surface area contributed by atoms with E-state index in [-0.39, 0.29) is 10.8 Å². The van der Waals surface area contributed by atoms with Crippen molar-refractivity contribution >= 4 is 27.2 Å². The number of carbonyl (C=O) groups is 1. The Balaban J connectivity index is 1.40. The monoisotopic (exact) mass is 439 g/mol. The number of nitrogens with one attached hydrogen (secondary N) is 2. The molecule has 0 radical (unpaired) electrons. The molecule has 3 aromatic rings. The van der Waals surface area contributed by atoms with Gasteiger partial charge >= 0.3 is 0 Å². The smallest absolute Gasteiger partial charge is 0.253 e. The van der Waals surface area contributed by atoms with Gasteiger partial charge < -0.3 is 9.73 Å². The Morgan fingerprint density at radius 1 is 1.03 bits per heavy atom. The third-order valence-corrected chi connectivity index (χ3v) is 6.06. The van der Waals surface area contributed by atoms with E-state index < -0.39 is 10.0 Å². The van der Waals surface area contributed by atoms with Gasteiger partial charge in [0, 0.05) is 36.8 Å². The SMILES string of the molecule is CC(=O)Nc1ccc(S(=O)(=O)NN2CC=C(c3nnc(-c4ccccc4)o3)CC2)cc1. The Hall–Kier alpha value is -3.34. The van der Waals surface area contributed by atoms with E-state index in [4.69, 9.17) is 4.42 Å². The van der Waals surface area contributed by atoms with Crippen molar-refractivity contribution in [3.8, 4) is 11.5 Å². The summed E-state index contributed by atoms with van der Waals surface area (Å²) in [6.07, 6.45) is 2.43. The van der Waals surface area contributed by atoms with Crippen molar-refractivity contribution in [1.29, 1.82) is 0 Å². The van der Waals surface area contributed by atoms with Crippen molar-refractivity contribution in [1.82, 2.24) is 20.0 Å². The molecule has 1 amide bonds. The summed E-state index contributed by atoms with van der Waals surface area (Å²) in [5, 5.41) is 12.4. The predicted molar refractivity (Wildman–Crippen MR) is 115 cm³/mol. The molecule has 0 spiro atoms. The van der Waals surface area contributed by atoms with E-state index in [0.717, 1.165) is 11.1 Å². The number of hydrogen-bond acceptors (Lipinski definition) is 7. The maximum atomic E-state index is 12.6. The largest absolute Gasteiger partial charge is 0.416 e. The molecule has 2 heterocycles. The summed E-state index contributed by atoms with van der Waals surface area (Å²) in [7, 11) is -3.74. The second-order valence-corrected chi connectivity index (χ2v) is 8.66. The molecule has 0 bridgehead atoms. The Morgan fingerprint density at radius 2 is 1.74 bits per heavy atom. The summed E-state index contributed by atoms with van der Waals surface area (Å²) >= 11 is 0. The lowest BCUT2D eigenvalue weighted by Gasteiger charge is -2.25. The van der Waals surface area contributed by atoms with Crippen LogP contribution in [0.5, 0.6) is 0 Å². The summed E-state index contributed by atoms with van der Waals surface area (Å²) in [5.74, 6) is 0.666. The molecular formula is C21H21N5O4S. The maximum absolute atomic E-state index is 12.6. The number of hydrazine groups is 1. The van der Waals surface area contributed by atoms with Crippen molar-refractivity contribution in [2.75, 3.05) is 18.4 Å². The Labute approximate surface area is 179 Å². The molecule has 0 fully saturated rings. The second kappa shape index (κ2) is 8.80. The van der Waals surface area contributed by atoms with E-state index in [0.29, 0.717) is 37.0 Å². The maximum Gasteiger partial charge on any atom is 0.253 e. The van der Waals surface area contributed by atoms with Gasteiger partial charge in [0.2, 0.25) is 17.7 Å². The molecule has 0 saturated carbocycles. The number of anilines is 1. The molecule has 1 aliphatic heterocycles. The van der Waals surface area contributed by atoms with Gasteiger partial charge in [0.25, 0.3) is 10.0 Å². The first-order valence-corrected chi connectivity index (χ1v) is 11.1. The normalized spacial score (nSPS) is 14.8. The van der Waals surface area contributed by atoms with Crippen LogP contribution in [0.2, 0.25) is 0 Å². The number of nitrogens with zero attached hydrogens (tertiary/aromatic N) is 3. The van der Waals surface area contributed by atoms with Crippen molar-refractivity contribution in [2.24, 2.45) is 0 Å². The molecule has 1 aromatic heterocycles. The molecule has 31 heavy (non-hydrogen) atoms. The van der Waals surface area contributed by atoms with Crippen LogP contribution in [-0.4, -0.2) is 42.6 Å². The van der Waals surface area contributed by atoms with E-state index in [1.807, 2.05) is 36.4 Å². The van der Waals surface area contributed by atoms with Crippen molar-refractivity contribution in [3.05, 3.63) is 66.6 Å². The topological polar surface area (TPSA) is 117 Å². The lowest BCUT2D eigenvalue weighted by molar-refractivity contribution is -0.114. The molecule has 160 valence electrons. The third kappa shape index (κ3) is 5.05. The minimum Gasteiger partial charge on any atom is -0.416 e. The van der Waals surface area contributed by atoms with Crippen LogP contribution < -0.4 is 10.1 Å². The second-order valence-electron chi connectivity index (χ2n) is 7.00. The number of carbonyl (C=O) groups excluding carboxylic acids is 1. The van der Waals surface area contributed by atoms with Crippen molar-refractivity contribution in [3.63, 3.8) is 0 Å². The van der Waals surface area contributed by atoms with Crippen LogP contribution in [0.1, 0.15) is 19.2 Å². The average molecular weight is 439 g/mol. The van der Waals surface area contributed by atoms with Gasteiger partial charge in [-0.05, 0) is 42.8 Å². The molecule has 9 nitrogen and oxygen atoms in total. The van der Waals surface area contributed by atoms with Gasteiger partial charge in [-0.2, -0.15) is 0 Å². The van der Waals surface area contributed by atoms with Crippen LogP contribution >= 0.6 is 0 Å². The fourth-order valence-corrected chi connectivity index (χ4v) is 4.25. The molecule has 0 saturated heterocycles. The van der Waals surface area contributed by atoms with E-state index in [9.17, 15) is 13.2 Å². The summed E-state index contributed by atoms with van der Waals surface area (Å²) < 4.78 is 31.1. The lowest BCUT2D eigenvalue weighted by atomic mass is 10.1. The average Bonchev–Trinajstić information content (AvgIpc) is 3.25. The van der Waals surface area contributed by atoms with Crippen LogP contribution in [0, 0.1) is 0 Å². The van der Waals surface area contributed by atoms with E-state index >= 15 is 0 Å². The number of hydrogen-bond donors (Lipinski definition) is 2. The third-order valence-electron chi connectivity index (χ3n) is 4.66. The zero-order chi connectivity index (χ0) is 21.8. The van der Waals surface area contributed by atoms with Crippen LogP contribution in [-0.2, 0) is 14.8 Å². The highest BCUT2D eigenvalue weighted by Crippen LogP contribution is 2.25. The van der Waals surface area contributed by atoms with Gasteiger partial charge in [-0.1, -0.05) is 24.3 Å². The summed E-state index contributed by atoms with van der Waals surface area (Å²) in [4.78, 5) is 13.8. The number of sulfonamides is 1. The molecular weight excluding hydrogens is 418 g/mol. The Morgan fingerprint density at radius 3 is 2.39 bits per heavy atom. The predicted octanol–water partition coefficient (Wildman–Crippen LogP) is 2.68. The minimum atomic E-state index is -3.74. The van der Waals surface area contributed by atoms with E-state index in [1.165, 1.54) is 19.1 Å². The van der Waals surface area contributed by atoms with Gasteiger partial charge in [-0.15, -0.1) is 15.0 Å². The molecule has 0 atom stereocenters. The molecule has 2 aromatic carbocycles. The first-order chi connectivity index (χ1) is 14.9. The number of amides is 1. The van der Waals surface area contributed by atoms with Crippen LogP contribution in [0.25, 0.3) is 17.0 Å². The number of rotatable bonds is 6. The zero-order valence-corrected chi connectivity index (χ0v) is 17.6. The lowest BCUT2D eigenvalue weighted by Crippen LogP contribution is -2.44. The van der Waals surface area contributed by atoms with Crippen LogP contribution in [0.3, 0.4) is 0 Å². The van der Waals surface area contributed by atoms with Crippen molar-refractivity contribution < 1.29 is 17.6 Å². The summed E-state index contributed by atoms with van der Waals surface area (Å²) in [6.45, 7) is 2.21. The van der Waals surface area contributed by atoms with E-state index in [1.54, 1.807) is 17.1 Å². The zero-order valence-electron chi connectivity index (χ0n) is 16.8. The molecule has 0 aliphatic carbocycles. The number of benzene rings is 2. The standard InChI is InChI=1S/C21H21N5O4S/c1-15(27)22-18-7-9-19(10-8-18)31(28,29)25-26-13-11-17(12-14-26)21-24-23-20(30-21)16-5-3-2-4-6-16/h2-11,25H,12-14H2,1H3,(H,22,27). The molecule has 4 rings (SSSR count). The highest BCUT2D eigenvalue weighted by Gasteiger charge is 2.22. The summed E-state index contributed by atoms with van der Waals surface area (Å²) in [6, 6.07) is 15.5. The minimum absolute atomic E-state index is 0.112. The van der Waals surface area contributed by atoms with E-state index in [2.05, 4.69) is 20.3 Å². The van der Waals surface area contributed by atoms with Crippen molar-refractivity contribution in [2.45, 2.75) is 18.2 Å². The number of aromatic nitrogens is 2. The fourth-order valence-electron chi connectivity index (χ4n) is 3.14.